The minimum absolute atomic E-state index is 0.108. The van der Waals surface area contributed by atoms with Crippen molar-refractivity contribution >= 4 is 11.9 Å². The van der Waals surface area contributed by atoms with Crippen molar-refractivity contribution in [3.8, 4) is 11.3 Å². The molecule has 2 N–H and O–H groups in total. The molecule has 1 saturated carbocycles. The van der Waals surface area contributed by atoms with Crippen LogP contribution in [0.15, 0.2) is 40.9 Å². The number of carbonyl (C=O) groups is 2. The van der Waals surface area contributed by atoms with E-state index in [9.17, 15) is 9.59 Å². The third-order valence-corrected chi connectivity index (χ3v) is 3.63. The van der Waals surface area contributed by atoms with Gasteiger partial charge in [0.05, 0.1) is 5.92 Å². The molecule has 108 valence electrons. The molecule has 2 aromatic rings. The van der Waals surface area contributed by atoms with Gasteiger partial charge in [-0.05, 0) is 12.8 Å². The summed E-state index contributed by atoms with van der Waals surface area (Å²) in [5.74, 6) is -1.40. The largest absolute Gasteiger partial charge is 0.481 e. The molecular formula is C15H14N2O4. The monoisotopic (exact) mass is 286 g/mol. The van der Waals surface area contributed by atoms with Crippen molar-refractivity contribution in [2.45, 2.75) is 18.9 Å². The van der Waals surface area contributed by atoms with E-state index in [0.717, 1.165) is 5.56 Å². The molecule has 1 heterocycles. The van der Waals surface area contributed by atoms with Gasteiger partial charge in [0.15, 0.2) is 0 Å². The zero-order valence-corrected chi connectivity index (χ0v) is 11.2. The fourth-order valence-corrected chi connectivity index (χ4v) is 2.32. The van der Waals surface area contributed by atoms with E-state index in [2.05, 4.69) is 10.5 Å². The molecule has 3 rings (SSSR count). The number of benzene rings is 1. The van der Waals surface area contributed by atoms with E-state index in [4.69, 9.17) is 9.63 Å². The molecule has 1 amide bonds. The van der Waals surface area contributed by atoms with E-state index in [0.29, 0.717) is 18.5 Å². The standard InChI is InChI=1S/C15H14N2O4/c18-14(16-11-6-10(7-11)15(19)20)13-8-12(17-21-13)9-4-2-1-3-5-9/h1-5,8,10-11H,6-7H2,(H,16,18)(H,19,20). The molecule has 1 aliphatic rings. The summed E-state index contributed by atoms with van der Waals surface area (Å²) in [6.07, 6.45) is 0.918. The molecule has 1 fully saturated rings. The number of hydrogen-bond donors (Lipinski definition) is 2. The Kier molecular flexibility index (Phi) is 3.43. The number of amides is 1. The van der Waals surface area contributed by atoms with E-state index in [1.165, 1.54) is 0 Å². The molecule has 0 atom stereocenters. The minimum Gasteiger partial charge on any atom is -0.481 e. The summed E-state index contributed by atoms with van der Waals surface area (Å²) in [7, 11) is 0. The van der Waals surface area contributed by atoms with Crippen LogP contribution in [0, 0.1) is 5.92 Å². The summed E-state index contributed by atoms with van der Waals surface area (Å²) in [4.78, 5) is 22.7. The molecule has 0 unspecified atom stereocenters. The van der Waals surface area contributed by atoms with E-state index >= 15 is 0 Å². The molecule has 0 bridgehead atoms. The molecule has 0 radical (unpaired) electrons. The number of hydrogen-bond acceptors (Lipinski definition) is 4. The van der Waals surface area contributed by atoms with Gasteiger partial charge in [0.25, 0.3) is 5.91 Å². The van der Waals surface area contributed by atoms with E-state index in [1.807, 2.05) is 30.3 Å². The summed E-state index contributed by atoms with van der Waals surface area (Å²) >= 11 is 0. The summed E-state index contributed by atoms with van der Waals surface area (Å²) in [5.41, 5.74) is 1.47. The highest BCUT2D eigenvalue weighted by Gasteiger charge is 2.35. The highest BCUT2D eigenvalue weighted by Crippen LogP contribution is 2.28. The highest BCUT2D eigenvalue weighted by atomic mass is 16.5. The maximum absolute atomic E-state index is 12.0. The van der Waals surface area contributed by atoms with E-state index in [-0.39, 0.29) is 23.6 Å². The minimum atomic E-state index is -0.813. The molecule has 1 aromatic heterocycles. The number of rotatable bonds is 4. The second-order valence-electron chi connectivity index (χ2n) is 5.12. The fraction of sp³-hybridized carbons (Fsp3) is 0.267. The fourth-order valence-electron chi connectivity index (χ4n) is 2.32. The number of carbonyl (C=O) groups excluding carboxylic acids is 1. The Labute approximate surface area is 120 Å². The van der Waals surface area contributed by atoms with Crippen molar-refractivity contribution < 1.29 is 19.2 Å². The van der Waals surface area contributed by atoms with Crippen LogP contribution in [0.4, 0.5) is 0 Å². The average molecular weight is 286 g/mol. The smallest absolute Gasteiger partial charge is 0.306 e. The second-order valence-corrected chi connectivity index (χ2v) is 5.12. The molecule has 0 spiro atoms. The molecule has 6 nitrogen and oxygen atoms in total. The molecular weight excluding hydrogens is 272 g/mol. The van der Waals surface area contributed by atoms with Gasteiger partial charge in [-0.15, -0.1) is 0 Å². The van der Waals surface area contributed by atoms with Crippen molar-refractivity contribution in [2.24, 2.45) is 5.92 Å². The molecule has 6 heteroatoms. The Hall–Kier alpha value is -2.63. The lowest BCUT2D eigenvalue weighted by Gasteiger charge is -2.32. The van der Waals surface area contributed by atoms with Gasteiger partial charge in [0.1, 0.15) is 5.69 Å². The Morgan fingerprint density at radius 3 is 2.62 bits per heavy atom. The summed E-state index contributed by atoms with van der Waals surface area (Å²) < 4.78 is 5.05. The van der Waals surface area contributed by atoms with Gasteiger partial charge in [-0.1, -0.05) is 35.5 Å². The molecule has 0 aliphatic heterocycles. The Morgan fingerprint density at radius 1 is 1.24 bits per heavy atom. The molecule has 21 heavy (non-hydrogen) atoms. The zero-order chi connectivity index (χ0) is 14.8. The third-order valence-electron chi connectivity index (χ3n) is 3.63. The quantitative estimate of drug-likeness (QED) is 0.896. The predicted octanol–water partition coefficient (Wildman–Crippen LogP) is 1.93. The maximum Gasteiger partial charge on any atom is 0.306 e. The number of carboxylic acid groups (broad SMARTS) is 1. The van der Waals surface area contributed by atoms with Crippen molar-refractivity contribution in [1.82, 2.24) is 10.5 Å². The summed E-state index contributed by atoms with van der Waals surface area (Å²) in [6.45, 7) is 0. The number of carboxylic acids is 1. The lowest BCUT2D eigenvalue weighted by Crippen LogP contribution is -2.46. The van der Waals surface area contributed by atoms with Crippen molar-refractivity contribution in [1.29, 1.82) is 0 Å². The van der Waals surface area contributed by atoms with Gasteiger partial charge in [0, 0.05) is 17.7 Å². The van der Waals surface area contributed by atoms with Crippen LogP contribution >= 0.6 is 0 Å². The van der Waals surface area contributed by atoms with Crippen LogP contribution in [-0.4, -0.2) is 28.2 Å². The van der Waals surface area contributed by atoms with Crippen LogP contribution in [0.25, 0.3) is 11.3 Å². The van der Waals surface area contributed by atoms with Crippen LogP contribution < -0.4 is 5.32 Å². The van der Waals surface area contributed by atoms with Crippen LogP contribution in [0.3, 0.4) is 0 Å². The van der Waals surface area contributed by atoms with Crippen LogP contribution in [0.5, 0.6) is 0 Å². The van der Waals surface area contributed by atoms with Gasteiger partial charge < -0.3 is 14.9 Å². The van der Waals surface area contributed by atoms with E-state index in [1.54, 1.807) is 6.07 Å². The maximum atomic E-state index is 12.0. The first-order chi connectivity index (χ1) is 10.1. The first-order valence-electron chi connectivity index (χ1n) is 6.69. The van der Waals surface area contributed by atoms with Crippen molar-refractivity contribution in [3.05, 3.63) is 42.2 Å². The Bertz CT molecular complexity index is 659. The highest BCUT2D eigenvalue weighted by molar-refractivity contribution is 5.92. The SMILES string of the molecule is O=C(NC1CC(C(=O)O)C1)c1cc(-c2ccccc2)no1. The number of nitrogens with zero attached hydrogens (tertiary/aromatic N) is 1. The van der Waals surface area contributed by atoms with Crippen LogP contribution in [0.2, 0.25) is 0 Å². The number of aromatic nitrogens is 1. The number of aliphatic carboxylic acids is 1. The van der Waals surface area contributed by atoms with Gasteiger partial charge >= 0.3 is 5.97 Å². The summed E-state index contributed by atoms with van der Waals surface area (Å²) in [6, 6.07) is 10.9. The van der Waals surface area contributed by atoms with Crippen LogP contribution in [-0.2, 0) is 4.79 Å². The Balaban J connectivity index is 1.62. The van der Waals surface area contributed by atoms with Gasteiger partial charge in [-0.25, -0.2) is 0 Å². The zero-order valence-electron chi connectivity index (χ0n) is 11.2. The third kappa shape index (κ3) is 2.79. The molecule has 0 saturated heterocycles. The normalized spacial score (nSPS) is 20.6. The lowest BCUT2D eigenvalue weighted by atomic mass is 9.80. The molecule has 1 aliphatic carbocycles. The van der Waals surface area contributed by atoms with Gasteiger partial charge in [-0.3, -0.25) is 9.59 Å². The van der Waals surface area contributed by atoms with Gasteiger partial charge in [0.2, 0.25) is 5.76 Å². The van der Waals surface area contributed by atoms with Gasteiger partial charge in [-0.2, -0.15) is 0 Å². The number of nitrogens with one attached hydrogen (secondary N) is 1. The second kappa shape index (κ2) is 5.40. The summed E-state index contributed by atoms with van der Waals surface area (Å²) in [5, 5.41) is 15.4. The lowest BCUT2D eigenvalue weighted by molar-refractivity contribution is -0.145. The topological polar surface area (TPSA) is 92.4 Å². The molecule has 1 aromatic carbocycles. The van der Waals surface area contributed by atoms with Crippen molar-refractivity contribution in [2.75, 3.05) is 0 Å². The van der Waals surface area contributed by atoms with Crippen molar-refractivity contribution in [3.63, 3.8) is 0 Å². The van der Waals surface area contributed by atoms with E-state index < -0.39 is 5.97 Å². The predicted molar refractivity (Wildman–Crippen MR) is 73.6 cm³/mol. The average Bonchev–Trinajstić information content (AvgIpc) is 2.92. The van der Waals surface area contributed by atoms with Crippen LogP contribution in [0.1, 0.15) is 23.4 Å². The Morgan fingerprint density at radius 2 is 1.95 bits per heavy atom. The first kappa shape index (κ1) is 13.4. The first-order valence-corrected chi connectivity index (χ1v) is 6.69.